The Kier molecular flexibility index (Phi) is 14.7. The van der Waals surface area contributed by atoms with Crippen LogP contribution in [0.25, 0.3) is 0 Å². The van der Waals surface area contributed by atoms with Gasteiger partial charge in [0.15, 0.2) is 0 Å². The molecular formula is C19H32. The average molecular weight is 260 g/mol. The number of unbranched alkanes of at least 4 members (excludes halogenated alkanes) is 9. The molecule has 1 rings (SSSR count). The summed E-state index contributed by atoms with van der Waals surface area (Å²) in [5.74, 6) is 0. The van der Waals surface area contributed by atoms with Gasteiger partial charge in [-0.15, -0.1) is 0 Å². The molecule has 0 aliphatic heterocycles. The molecule has 0 amide bonds. The van der Waals surface area contributed by atoms with Gasteiger partial charge in [-0.05, 0) is 13.0 Å². The molecule has 0 atom stereocenters. The van der Waals surface area contributed by atoms with Crippen LogP contribution in [0, 0.1) is 19.9 Å². The predicted molar refractivity (Wildman–Crippen MR) is 87.2 cm³/mol. The Bertz CT molecular complexity index is 240. The van der Waals surface area contributed by atoms with Gasteiger partial charge in [0.2, 0.25) is 0 Å². The van der Waals surface area contributed by atoms with Crippen LogP contribution in [0.15, 0.2) is 24.3 Å². The molecule has 1 aromatic rings. The van der Waals surface area contributed by atoms with Gasteiger partial charge in [0, 0.05) is 0 Å². The summed E-state index contributed by atoms with van der Waals surface area (Å²) in [5.41, 5.74) is 1.29. The van der Waals surface area contributed by atoms with Crippen molar-refractivity contribution in [3.05, 3.63) is 42.8 Å². The topological polar surface area (TPSA) is 0 Å². The Hall–Kier alpha value is -0.780. The normalized spacial score (nSPS) is 9.84. The van der Waals surface area contributed by atoms with E-state index in [1.807, 2.05) is 24.3 Å². The Morgan fingerprint density at radius 2 is 1.32 bits per heavy atom. The molecule has 1 aromatic carbocycles. The van der Waals surface area contributed by atoms with Gasteiger partial charge in [-0.1, -0.05) is 108 Å². The minimum absolute atomic E-state index is 1.12. The lowest BCUT2D eigenvalue weighted by molar-refractivity contribution is 0.566. The third kappa shape index (κ3) is 15.2. The number of aryl methyl sites for hydroxylation is 1. The summed E-state index contributed by atoms with van der Waals surface area (Å²) in [7, 11) is 0. The second-order valence-corrected chi connectivity index (χ2v) is 5.26. The lowest BCUT2D eigenvalue weighted by Crippen LogP contribution is -1.80. The molecule has 0 heterocycles. The Morgan fingerprint density at radius 1 is 0.842 bits per heavy atom. The zero-order chi connectivity index (χ0) is 14.2. The fourth-order valence-electron chi connectivity index (χ4n) is 1.96. The molecule has 0 aromatic heterocycles. The van der Waals surface area contributed by atoms with E-state index in [4.69, 9.17) is 0 Å². The third-order valence-electron chi connectivity index (χ3n) is 3.24. The molecule has 2 radical (unpaired) electrons. The summed E-state index contributed by atoms with van der Waals surface area (Å²) in [6.45, 7) is 8.18. The maximum atomic E-state index is 3.84. The lowest BCUT2D eigenvalue weighted by Gasteiger charge is -1.99. The van der Waals surface area contributed by atoms with E-state index >= 15 is 0 Å². The van der Waals surface area contributed by atoms with E-state index < -0.39 is 0 Å². The highest BCUT2D eigenvalue weighted by Crippen LogP contribution is 2.09. The van der Waals surface area contributed by atoms with Crippen molar-refractivity contribution in [3.63, 3.8) is 0 Å². The molecule has 0 saturated carbocycles. The fourth-order valence-corrected chi connectivity index (χ4v) is 1.96. The van der Waals surface area contributed by atoms with Crippen molar-refractivity contribution in [2.45, 2.75) is 78.1 Å². The van der Waals surface area contributed by atoms with E-state index in [0.717, 1.165) is 6.42 Å². The van der Waals surface area contributed by atoms with Gasteiger partial charge in [0.1, 0.15) is 0 Å². The summed E-state index contributed by atoms with van der Waals surface area (Å²) in [5, 5.41) is 0. The van der Waals surface area contributed by atoms with E-state index in [-0.39, 0.29) is 0 Å². The molecule has 0 N–H and O–H groups in total. The van der Waals surface area contributed by atoms with Gasteiger partial charge in [0.25, 0.3) is 0 Å². The standard InChI is InChI=1S/C12H25.C7H7/c1-3-5-7-9-11-12-10-8-6-4-2;1-7-5-3-2-4-6-7/h1,3-12H2,2H3;3-6H,1H3. The van der Waals surface area contributed by atoms with Crippen LogP contribution in [0.4, 0.5) is 0 Å². The van der Waals surface area contributed by atoms with E-state index in [2.05, 4.69) is 26.8 Å². The quantitative estimate of drug-likeness (QED) is 0.442. The minimum Gasteiger partial charge on any atom is -0.0654 e. The van der Waals surface area contributed by atoms with Gasteiger partial charge in [0.05, 0.1) is 0 Å². The molecular weight excluding hydrogens is 228 g/mol. The molecule has 19 heavy (non-hydrogen) atoms. The average Bonchev–Trinajstić information content (AvgIpc) is 2.43. The van der Waals surface area contributed by atoms with Crippen molar-refractivity contribution in [2.24, 2.45) is 0 Å². The largest absolute Gasteiger partial charge is 0.0654 e. The van der Waals surface area contributed by atoms with E-state index in [0.29, 0.717) is 0 Å². The van der Waals surface area contributed by atoms with Crippen LogP contribution in [0.3, 0.4) is 0 Å². The summed E-state index contributed by atoms with van der Waals surface area (Å²) >= 11 is 0. The van der Waals surface area contributed by atoms with Crippen molar-refractivity contribution >= 4 is 0 Å². The number of rotatable bonds is 9. The third-order valence-corrected chi connectivity index (χ3v) is 3.24. The summed E-state index contributed by atoms with van der Waals surface area (Å²) < 4.78 is 0. The fraction of sp³-hybridized carbons (Fsp3) is 0.632. The second-order valence-electron chi connectivity index (χ2n) is 5.26. The highest BCUT2D eigenvalue weighted by molar-refractivity contribution is 5.10. The first kappa shape index (κ1) is 18.2. The monoisotopic (exact) mass is 260 g/mol. The first-order chi connectivity index (χ1) is 9.31. The molecule has 0 spiro atoms. The zero-order valence-electron chi connectivity index (χ0n) is 13.1. The maximum absolute atomic E-state index is 3.84. The summed E-state index contributed by atoms with van der Waals surface area (Å²) in [6.07, 6.45) is 13.9. The molecule has 0 aliphatic carbocycles. The molecule has 0 aliphatic rings. The Labute approximate surface area is 121 Å². The predicted octanol–water partition coefficient (Wildman–Crippen LogP) is 6.54. The Balaban J connectivity index is 0.000000388. The number of benzene rings is 1. The van der Waals surface area contributed by atoms with Crippen LogP contribution in [0.2, 0.25) is 0 Å². The Morgan fingerprint density at radius 3 is 1.68 bits per heavy atom. The molecule has 0 saturated heterocycles. The van der Waals surface area contributed by atoms with Gasteiger partial charge in [-0.2, -0.15) is 0 Å². The van der Waals surface area contributed by atoms with Gasteiger partial charge in [-0.3, -0.25) is 0 Å². The van der Waals surface area contributed by atoms with E-state index in [1.54, 1.807) is 0 Å². The number of hydrogen-bond acceptors (Lipinski definition) is 0. The molecule has 0 unspecified atom stereocenters. The van der Waals surface area contributed by atoms with Crippen LogP contribution < -0.4 is 0 Å². The van der Waals surface area contributed by atoms with Crippen molar-refractivity contribution in [2.75, 3.05) is 0 Å². The van der Waals surface area contributed by atoms with Crippen molar-refractivity contribution in [1.29, 1.82) is 0 Å². The SMILES string of the molecule is Cc1cc[c]cc1.[CH2]CCCCCCCCCCC. The lowest BCUT2D eigenvalue weighted by atomic mass is 10.1. The summed E-state index contributed by atoms with van der Waals surface area (Å²) in [6, 6.07) is 10.8. The zero-order valence-corrected chi connectivity index (χ0v) is 13.1. The van der Waals surface area contributed by atoms with E-state index in [9.17, 15) is 0 Å². The highest BCUT2D eigenvalue weighted by atomic mass is 14.0. The molecule has 108 valence electrons. The van der Waals surface area contributed by atoms with Gasteiger partial charge >= 0.3 is 0 Å². The van der Waals surface area contributed by atoms with Crippen molar-refractivity contribution in [3.8, 4) is 0 Å². The van der Waals surface area contributed by atoms with Crippen LogP contribution in [-0.4, -0.2) is 0 Å². The summed E-state index contributed by atoms with van der Waals surface area (Å²) in [4.78, 5) is 0. The van der Waals surface area contributed by atoms with Crippen LogP contribution in [-0.2, 0) is 0 Å². The first-order valence-corrected chi connectivity index (χ1v) is 8.03. The molecule has 0 bridgehead atoms. The van der Waals surface area contributed by atoms with Crippen LogP contribution >= 0.6 is 0 Å². The van der Waals surface area contributed by atoms with Gasteiger partial charge in [-0.25, -0.2) is 0 Å². The molecule has 0 heteroatoms. The number of hydrogen-bond donors (Lipinski definition) is 0. The van der Waals surface area contributed by atoms with E-state index in [1.165, 1.54) is 63.4 Å². The first-order valence-electron chi connectivity index (χ1n) is 8.03. The van der Waals surface area contributed by atoms with Crippen molar-refractivity contribution < 1.29 is 0 Å². The highest BCUT2D eigenvalue weighted by Gasteiger charge is 1.90. The van der Waals surface area contributed by atoms with Crippen LogP contribution in [0.5, 0.6) is 0 Å². The molecule has 0 nitrogen and oxygen atoms in total. The van der Waals surface area contributed by atoms with Crippen molar-refractivity contribution in [1.82, 2.24) is 0 Å². The van der Waals surface area contributed by atoms with Gasteiger partial charge < -0.3 is 0 Å². The minimum atomic E-state index is 1.12. The smallest absolute Gasteiger partial charge is 0.0184 e. The second kappa shape index (κ2) is 15.3. The maximum Gasteiger partial charge on any atom is -0.0184 e. The van der Waals surface area contributed by atoms with Crippen LogP contribution in [0.1, 0.15) is 76.7 Å². The molecule has 0 fully saturated rings.